The molecular formula is C17H17ClO2. The van der Waals surface area contributed by atoms with Gasteiger partial charge in [0.15, 0.2) is 0 Å². The van der Waals surface area contributed by atoms with Crippen molar-refractivity contribution in [2.75, 3.05) is 0 Å². The number of ether oxygens (including phenoxy) is 1. The van der Waals surface area contributed by atoms with Gasteiger partial charge in [-0.3, -0.25) is 4.79 Å². The standard InChI is InChI=1S/C17H17ClO2/c1-17(2,3)13-5-7-14(8-6-13)20-16-9-4-12(11-19)10-15(16)18/h4-11H,1-3H3. The van der Waals surface area contributed by atoms with Crippen LogP contribution in [0.25, 0.3) is 0 Å². The molecule has 3 heteroatoms. The van der Waals surface area contributed by atoms with Gasteiger partial charge in [0.1, 0.15) is 17.8 Å². The van der Waals surface area contributed by atoms with Crippen molar-refractivity contribution in [3.05, 3.63) is 58.6 Å². The topological polar surface area (TPSA) is 26.3 Å². The highest BCUT2D eigenvalue weighted by Gasteiger charge is 2.13. The molecule has 0 aliphatic rings. The fraction of sp³-hybridized carbons (Fsp3) is 0.235. The number of aldehydes is 1. The first-order valence-corrected chi connectivity index (χ1v) is 6.81. The lowest BCUT2D eigenvalue weighted by atomic mass is 9.87. The monoisotopic (exact) mass is 288 g/mol. The third-order valence-corrected chi connectivity index (χ3v) is 3.34. The van der Waals surface area contributed by atoms with E-state index < -0.39 is 0 Å². The molecule has 0 radical (unpaired) electrons. The van der Waals surface area contributed by atoms with Crippen LogP contribution in [0.2, 0.25) is 5.02 Å². The summed E-state index contributed by atoms with van der Waals surface area (Å²) in [6.07, 6.45) is 0.758. The fourth-order valence-electron chi connectivity index (χ4n) is 1.82. The summed E-state index contributed by atoms with van der Waals surface area (Å²) in [5.41, 5.74) is 1.89. The molecule has 0 aliphatic carbocycles. The quantitative estimate of drug-likeness (QED) is 0.722. The summed E-state index contributed by atoms with van der Waals surface area (Å²) in [5, 5.41) is 0.425. The summed E-state index contributed by atoms with van der Waals surface area (Å²) < 4.78 is 5.73. The normalized spacial score (nSPS) is 11.2. The number of rotatable bonds is 3. The van der Waals surface area contributed by atoms with Crippen molar-refractivity contribution >= 4 is 17.9 Å². The summed E-state index contributed by atoms with van der Waals surface area (Å²) in [6, 6.07) is 12.9. The van der Waals surface area contributed by atoms with Gasteiger partial charge in [0.05, 0.1) is 5.02 Å². The molecule has 0 N–H and O–H groups in total. The Labute approximate surface area is 124 Å². The molecule has 0 atom stereocenters. The second kappa shape index (κ2) is 5.68. The van der Waals surface area contributed by atoms with Gasteiger partial charge >= 0.3 is 0 Å². The second-order valence-electron chi connectivity index (χ2n) is 5.68. The van der Waals surface area contributed by atoms with Gasteiger partial charge < -0.3 is 4.74 Å². The number of hydrogen-bond donors (Lipinski definition) is 0. The Kier molecular flexibility index (Phi) is 4.15. The molecule has 104 valence electrons. The van der Waals surface area contributed by atoms with Gasteiger partial charge in [-0.15, -0.1) is 0 Å². The first-order chi connectivity index (χ1) is 9.40. The summed E-state index contributed by atoms with van der Waals surface area (Å²) in [4.78, 5) is 10.7. The zero-order valence-electron chi connectivity index (χ0n) is 11.8. The third-order valence-electron chi connectivity index (χ3n) is 3.04. The van der Waals surface area contributed by atoms with Crippen LogP contribution in [0, 0.1) is 0 Å². The molecule has 0 aliphatic heterocycles. The molecule has 0 saturated carbocycles. The van der Waals surface area contributed by atoms with Crippen LogP contribution in [0.1, 0.15) is 36.7 Å². The van der Waals surface area contributed by atoms with Crippen molar-refractivity contribution in [1.82, 2.24) is 0 Å². The van der Waals surface area contributed by atoms with E-state index >= 15 is 0 Å². The average molecular weight is 289 g/mol. The molecule has 0 unspecified atom stereocenters. The van der Waals surface area contributed by atoms with Gasteiger partial charge in [-0.1, -0.05) is 44.5 Å². The molecule has 2 nitrogen and oxygen atoms in total. The number of carbonyl (C=O) groups excluding carboxylic acids is 1. The van der Waals surface area contributed by atoms with E-state index in [0.29, 0.717) is 16.3 Å². The molecule has 20 heavy (non-hydrogen) atoms. The summed E-state index contributed by atoms with van der Waals surface area (Å²) >= 11 is 6.08. The van der Waals surface area contributed by atoms with E-state index in [-0.39, 0.29) is 5.41 Å². The molecule has 2 aromatic carbocycles. The van der Waals surface area contributed by atoms with Crippen molar-refractivity contribution in [1.29, 1.82) is 0 Å². The van der Waals surface area contributed by atoms with E-state index in [2.05, 4.69) is 20.8 Å². The van der Waals surface area contributed by atoms with E-state index in [0.717, 1.165) is 12.0 Å². The highest BCUT2D eigenvalue weighted by atomic mass is 35.5. The Bertz CT molecular complexity index is 610. The lowest BCUT2D eigenvalue weighted by molar-refractivity contribution is 0.112. The van der Waals surface area contributed by atoms with Crippen LogP contribution < -0.4 is 4.74 Å². The van der Waals surface area contributed by atoms with Crippen molar-refractivity contribution in [3.63, 3.8) is 0 Å². The molecule has 0 spiro atoms. The van der Waals surface area contributed by atoms with Crippen LogP contribution >= 0.6 is 11.6 Å². The largest absolute Gasteiger partial charge is 0.456 e. The number of carbonyl (C=O) groups is 1. The summed E-state index contributed by atoms with van der Waals surface area (Å²) in [6.45, 7) is 6.49. The second-order valence-corrected chi connectivity index (χ2v) is 6.09. The van der Waals surface area contributed by atoms with Gasteiger partial charge in [-0.25, -0.2) is 0 Å². The minimum absolute atomic E-state index is 0.113. The maximum absolute atomic E-state index is 10.7. The van der Waals surface area contributed by atoms with Crippen LogP contribution in [-0.2, 0) is 5.41 Å². The molecule has 0 saturated heterocycles. The Morgan fingerprint density at radius 3 is 2.20 bits per heavy atom. The molecule has 2 rings (SSSR count). The predicted octanol–water partition coefficient (Wildman–Crippen LogP) is 5.24. The zero-order valence-corrected chi connectivity index (χ0v) is 12.6. The highest BCUT2D eigenvalue weighted by molar-refractivity contribution is 6.32. The predicted molar refractivity (Wildman–Crippen MR) is 82.1 cm³/mol. The summed E-state index contributed by atoms with van der Waals surface area (Å²) in [7, 11) is 0. The van der Waals surface area contributed by atoms with Crippen LogP contribution in [0.4, 0.5) is 0 Å². The SMILES string of the molecule is CC(C)(C)c1ccc(Oc2ccc(C=O)cc2Cl)cc1. The fourth-order valence-corrected chi connectivity index (χ4v) is 2.05. The molecule has 2 aromatic rings. The van der Waals surface area contributed by atoms with Gasteiger partial charge in [0.2, 0.25) is 0 Å². The van der Waals surface area contributed by atoms with Gasteiger partial charge in [-0.05, 0) is 41.3 Å². The smallest absolute Gasteiger partial charge is 0.150 e. The third kappa shape index (κ3) is 3.40. The first kappa shape index (κ1) is 14.6. The zero-order chi connectivity index (χ0) is 14.8. The van der Waals surface area contributed by atoms with Crippen molar-refractivity contribution in [2.45, 2.75) is 26.2 Å². The van der Waals surface area contributed by atoms with Crippen molar-refractivity contribution in [3.8, 4) is 11.5 Å². The van der Waals surface area contributed by atoms with E-state index in [1.807, 2.05) is 24.3 Å². The maximum Gasteiger partial charge on any atom is 0.150 e. The maximum atomic E-state index is 10.7. The minimum Gasteiger partial charge on any atom is -0.456 e. The highest BCUT2D eigenvalue weighted by Crippen LogP contribution is 2.31. The molecular weight excluding hydrogens is 272 g/mol. The van der Waals surface area contributed by atoms with E-state index in [4.69, 9.17) is 16.3 Å². The van der Waals surface area contributed by atoms with Crippen LogP contribution in [0.15, 0.2) is 42.5 Å². The summed E-state index contributed by atoms with van der Waals surface area (Å²) in [5.74, 6) is 1.26. The van der Waals surface area contributed by atoms with Gasteiger partial charge in [0.25, 0.3) is 0 Å². The minimum atomic E-state index is 0.113. The number of hydrogen-bond acceptors (Lipinski definition) is 2. The molecule has 0 heterocycles. The molecule has 0 aromatic heterocycles. The van der Waals surface area contributed by atoms with Crippen LogP contribution in [-0.4, -0.2) is 6.29 Å². The van der Waals surface area contributed by atoms with Gasteiger partial charge in [0, 0.05) is 5.56 Å². The van der Waals surface area contributed by atoms with Gasteiger partial charge in [-0.2, -0.15) is 0 Å². The Hall–Kier alpha value is -1.80. The Morgan fingerprint density at radius 1 is 1.05 bits per heavy atom. The lowest BCUT2D eigenvalue weighted by Crippen LogP contribution is -2.10. The van der Waals surface area contributed by atoms with E-state index in [1.54, 1.807) is 18.2 Å². The van der Waals surface area contributed by atoms with Crippen LogP contribution in [0.5, 0.6) is 11.5 Å². The average Bonchev–Trinajstić information content (AvgIpc) is 2.40. The lowest BCUT2D eigenvalue weighted by Gasteiger charge is -2.19. The van der Waals surface area contributed by atoms with E-state index in [9.17, 15) is 4.79 Å². The Balaban J connectivity index is 2.20. The number of benzene rings is 2. The molecule has 0 fully saturated rings. The number of halogens is 1. The van der Waals surface area contributed by atoms with E-state index in [1.165, 1.54) is 5.56 Å². The molecule has 0 bridgehead atoms. The molecule has 0 amide bonds. The Morgan fingerprint density at radius 2 is 1.70 bits per heavy atom. The van der Waals surface area contributed by atoms with Crippen molar-refractivity contribution < 1.29 is 9.53 Å². The first-order valence-electron chi connectivity index (χ1n) is 6.43. The van der Waals surface area contributed by atoms with Crippen molar-refractivity contribution in [2.24, 2.45) is 0 Å². The van der Waals surface area contributed by atoms with Crippen LogP contribution in [0.3, 0.4) is 0 Å².